The zero-order valence-electron chi connectivity index (χ0n) is 17.6. The molecule has 2 aliphatic rings. The van der Waals surface area contributed by atoms with E-state index in [1.807, 2.05) is 12.1 Å². The first-order valence-electron chi connectivity index (χ1n) is 10.5. The highest BCUT2D eigenvalue weighted by Crippen LogP contribution is 2.46. The van der Waals surface area contributed by atoms with Crippen molar-refractivity contribution in [1.82, 2.24) is 5.32 Å². The van der Waals surface area contributed by atoms with Crippen LogP contribution in [0.4, 0.5) is 5.00 Å². The minimum Gasteiger partial charge on any atom is -0.457 e. The van der Waals surface area contributed by atoms with Gasteiger partial charge >= 0.3 is 0 Å². The lowest BCUT2D eigenvalue weighted by molar-refractivity contribution is 0.0930. The smallest absolute Gasteiger partial charge is 0.256 e. The second kappa shape index (κ2) is 7.58. The van der Waals surface area contributed by atoms with Gasteiger partial charge < -0.3 is 15.1 Å². The van der Waals surface area contributed by atoms with E-state index in [0.29, 0.717) is 27.5 Å². The summed E-state index contributed by atoms with van der Waals surface area (Å²) in [6.45, 7) is 6.91. The molecular formula is C24H24Cl2N2O2S. The van der Waals surface area contributed by atoms with Gasteiger partial charge in [-0.2, -0.15) is 0 Å². The van der Waals surface area contributed by atoms with Gasteiger partial charge in [0.2, 0.25) is 0 Å². The van der Waals surface area contributed by atoms with Gasteiger partial charge in [0.05, 0.1) is 5.56 Å². The topological polar surface area (TPSA) is 54.3 Å². The van der Waals surface area contributed by atoms with Gasteiger partial charge in [-0.25, -0.2) is 0 Å². The molecule has 2 aromatic heterocycles. The molecule has 4 nitrogen and oxygen atoms in total. The lowest BCUT2D eigenvalue weighted by atomic mass is 9.72. The second-order valence-electron chi connectivity index (χ2n) is 9.42. The predicted molar refractivity (Wildman–Crippen MR) is 127 cm³/mol. The van der Waals surface area contributed by atoms with Crippen LogP contribution in [0.5, 0.6) is 0 Å². The average molecular weight is 475 g/mol. The van der Waals surface area contributed by atoms with Crippen LogP contribution < -0.4 is 10.6 Å². The number of benzene rings is 1. The van der Waals surface area contributed by atoms with Crippen LogP contribution in [0.1, 0.15) is 59.9 Å². The molecule has 0 fully saturated rings. The number of hydrogen-bond acceptors (Lipinski definition) is 4. The first kappa shape index (κ1) is 20.9. The highest BCUT2D eigenvalue weighted by atomic mass is 35.5. The van der Waals surface area contributed by atoms with E-state index in [2.05, 4.69) is 31.4 Å². The van der Waals surface area contributed by atoms with E-state index in [9.17, 15) is 4.79 Å². The first-order chi connectivity index (χ1) is 14.7. The van der Waals surface area contributed by atoms with E-state index in [0.717, 1.165) is 35.4 Å². The van der Waals surface area contributed by atoms with Gasteiger partial charge in [0.15, 0.2) is 6.17 Å². The van der Waals surface area contributed by atoms with Crippen molar-refractivity contribution in [1.29, 1.82) is 0 Å². The molecule has 5 rings (SSSR count). The van der Waals surface area contributed by atoms with E-state index in [1.54, 1.807) is 29.5 Å². The van der Waals surface area contributed by atoms with Gasteiger partial charge in [0.25, 0.3) is 5.91 Å². The van der Waals surface area contributed by atoms with Gasteiger partial charge in [-0.1, -0.05) is 44.0 Å². The number of carbonyl (C=O) groups is 1. The first-order valence-corrected chi connectivity index (χ1v) is 12.0. The Morgan fingerprint density at radius 2 is 1.84 bits per heavy atom. The molecule has 31 heavy (non-hydrogen) atoms. The van der Waals surface area contributed by atoms with Crippen molar-refractivity contribution < 1.29 is 9.21 Å². The van der Waals surface area contributed by atoms with Gasteiger partial charge in [0.1, 0.15) is 16.5 Å². The summed E-state index contributed by atoms with van der Waals surface area (Å²) >= 11 is 14.0. The van der Waals surface area contributed by atoms with E-state index in [-0.39, 0.29) is 11.3 Å². The fourth-order valence-electron chi connectivity index (χ4n) is 4.54. The van der Waals surface area contributed by atoms with Crippen LogP contribution in [-0.4, -0.2) is 5.91 Å². The maximum atomic E-state index is 13.0. The molecule has 2 N–H and O–H groups in total. The minimum absolute atomic E-state index is 0.0331. The number of furan rings is 1. The highest BCUT2D eigenvalue weighted by molar-refractivity contribution is 7.16. The third-order valence-corrected chi connectivity index (χ3v) is 7.95. The third kappa shape index (κ3) is 3.88. The molecule has 0 radical (unpaired) electrons. The summed E-state index contributed by atoms with van der Waals surface area (Å²) in [5.74, 6) is 1.90. The van der Waals surface area contributed by atoms with Crippen LogP contribution in [-0.2, 0) is 12.8 Å². The molecule has 0 saturated heterocycles. The van der Waals surface area contributed by atoms with Crippen molar-refractivity contribution in [3.8, 4) is 11.3 Å². The molecule has 0 spiro atoms. The van der Waals surface area contributed by atoms with Crippen molar-refractivity contribution in [2.75, 3.05) is 5.32 Å². The molecule has 7 heteroatoms. The molecule has 1 aliphatic carbocycles. The average Bonchev–Trinajstić information content (AvgIpc) is 3.31. The summed E-state index contributed by atoms with van der Waals surface area (Å²) in [4.78, 5) is 14.4. The largest absolute Gasteiger partial charge is 0.457 e. The van der Waals surface area contributed by atoms with Gasteiger partial charge in [0, 0.05) is 20.5 Å². The Hall–Kier alpha value is -1.95. The molecule has 3 heterocycles. The van der Waals surface area contributed by atoms with E-state index in [1.165, 1.54) is 10.4 Å². The Labute approximate surface area is 195 Å². The zero-order chi connectivity index (χ0) is 21.9. The van der Waals surface area contributed by atoms with E-state index < -0.39 is 6.17 Å². The fraction of sp³-hybridized carbons (Fsp3) is 0.375. The number of rotatable bonds is 2. The van der Waals surface area contributed by atoms with Crippen LogP contribution in [0.15, 0.2) is 34.7 Å². The van der Waals surface area contributed by atoms with Crippen LogP contribution in [0, 0.1) is 11.3 Å². The lowest BCUT2D eigenvalue weighted by Crippen LogP contribution is -2.38. The molecule has 2 atom stereocenters. The van der Waals surface area contributed by atoms with E-state index in [4.69, 9.17) is 27.6 Å². The lowest BCUT2D eigenvalue weighted by Gasteiger charge is -2.34. The Morgan fingerprint density at radius 3 is 2.55 bits per heavy atom. The van der Waals surface area contributed by atoms with Crippen LogP contribution in [0.25, 0.3) is 11.3 Å². The number of carbonyl (C=O) groups excluding carboxylic acids is 1. The molecule has 0 saturated carbocycles. The fourth-order valence-corrected chi connectivity index (χ4v) is 6.42. The monoisotopic (exact) mass is 474 g/mol. The van der Waals surface area contributed by atoms with Gasteiger partial charge in [-0.3, -0.25) is 4.79 Å². The van der Waals surface area contributed by atoms with Crippen LogP contribution in [0.3, 0.4) is 0 Å². The third-order valence-electron chi connectivity index (χ3n) is 6.33. The number of thiophene rings is 1. The van der Waals surface area contributed by atoms with Crippen molar-refractivity contribution in [3.63, 3.8) is 0 Å². The maximum absolute atomic E-state index is 13.0. The molecule has 1 aliphatic heterocycles. The predicted octanol–water partition coefficient (Wildman–Crippen LogP) is 7.32. The summed E-state index contributed by atoms with van der Waals surface area (Å²) in [7, 11) is 0. The molecule has 0 bridgehead atoms. The van der Waals surface area contributed by atoms with Crippen LogP contribution >= 0.6 is 34.5 Å². The molecule has 3 aromatic rings. The van der Waals surface area contributed by atoms with Crippen molar-refractivity contribution in [3.05, 3.63) is 62.1 Å². The Balaban J connectivity index is 1.42. The Bertz CT molecular complexity index is 1150. The number of hydrogen-bond donors (Lipinski definition) is 2. The zero-order valence-corrected chi connectivity index (χ0v) is 20.0. The molecular weight excluding hydrogens is 451 g/mol. The van der Waals surface area contributed by atoms with Gasteiger partial charge in [-0.05, 0) is 66.5 Å². The Morgan fingerprint density at radius 1 is 1.10 bits per heavy atom. The number of amides is 1. The normalized spacial score (nSPS) is 20.6. The standard InChI is InChI=1S/C24H24Cl2N2O2S/c1-24(2,3)13-4-5-16-19(10-13)31-23-20(16)22(29)27-21(28-23)18-7-6-17(30-18)12-8-14(25)11-15(26)9-12/h6-9,11,13,21,28H,4-5,10H2,1-3H3,(H,27,29)/t13-,21-/m1/s1. The second-order valence-corrected chi connectivity index (χ2v) is 11.4. The highest BCUT2D eigenvalue weighted by Gasteiger charge is 2.37. The molecule has 1 aromatic carbocycles. The minimum atomic E-state index is -0.415. The number of fused-ring (bicyclic) bond motifs is 3. The SMILES string of the molecule is CC(C)(C)[C@@H]1CCc2c(sc3c2C(=O)N[C@@H](c2ccc(-c4cc(Cl)cc(Cl)c4)o2)N3)C1. The summed E-state index contributed by atoms with van der Waals surface area (Å²) in [6, 6.07) is 9.04. The number of anilines is 1. The maximum Gasteiger partial charge on any atom is 0.256 e. The Kier molecular flexibility index (Phi) is 5.11. The number of nitrogens with one attached hydrogen (secondary N) is 2. The van der Waals surface area contributed by atoms with Crippen molar-refractivity contribution >= 4 is 45.4 Å². The summed E-state index contributed by atoms with van der Waals surface area (Å²) in [5, 5.41) is 8.59. The summed E-state index contributed by atoms with van der Waals surface area (Å²) in [6.07, 6.45) is 2.71. The van der Waals surface area contributed by atoms with Crippen molar-refractivity contribution in [2.24, 2.45) is 11.3 Å². The molecule has 1 amide bonds. The van der Waals surface area contributed by atoms with Crippen molar-refractivity contribution in [2.45, 2.75) is 46.2 Å². The summed E-state index contributed by atoms with van der Waals surface area (Å²) < 4.78 is 6.06. The quantitative estimate of drug-likeness (QED) is 0.408. The van der Waals surface area contributed by atoms with Crippen LogP contribution in [0.2, 0.25) is 10.0 Å². The number of halogens is 2. The molecule has 162 valence electrons. The summed E-state index contributed by atoms with van der Waals surface area (Å²) in [5.41, 5.74) is 3.11. The van der Waals surface area contributed by atoms with Gasteiger partial charge in [-0.15, -0.1) is 11.3 Å². The van der Waals surface area contributed by atoms with E-state index >= 15 is 0 Å². The molecule has 0 unspecified atom stereocenters.